The number of hydrogen-bond donors (Lipinski definition) is 3. The SMILES string of the molecule is CCCCNC(=O)C1N([C@@H](CO)Cc2ccccc2)C(=O)[C@@H]2[C@@H](C(=O)NCCC)[C@@]3(C)CCC12S3. The van der Waals surface area contributed by atoms with E-state index in [0.29, 0.717) is 25.9 Å². The van der Waals surface area contributed by atoms with Crippen LogP contribution in [-0.4, -0.2) is 69.0 Å². The predicted molar refractivity (Wildman–Crippen MR) is 138 cm³/mol. The molecule has 0 saturated carbocycles. The fraction of sp³-hybridized carbons (Fsp3) is 0.667. The highest BCUT2D eigenvalue weighted by Crippen LogP contribution is 2.71. The number of benzene rings is 1. The summed E-state index contributed by atoms with van der Waals surface area (Å²) in [6, 6.07) is 8.52. The van der Waals surface area contributed by atoms with Crippen molar-refractivity contribution in [2.75, 3.05) is 19.7 Å². The molecule has 2 unspecified atom stereocenters. The summed E-state index contributed by atoms with van der Waals surface area (Å²) in [5, 5.41) is 16.5. The first-order valence-corrected chi connectivity index (χ1v) is 13.9. The molecule has 0 aromatic heterocycles. The number of nitrogens with zero attached hydrogens (tertiary/aromatic N) is 1. The molecule has 7 nitrogen and oxygen atoms in total. The maximum absolute atomic E-state index is 14.2. The van der Waals surface area contributed by atoms with Crippen molar-refractivity contribution in [3.8, 4) is 0 Å². The van der Waals surface area contributed by atoms with Crippen LogP contribution in [0.5, 0.6) is 0 Å². The molecule has 0 aliphatic carbocycles. The van der Waals surface area contributed by atoms with Crippen LogP contribution in [0.25, 0.3) is 0 Å². The molecule has 3 saturated heterocycles. The lowest BCUT2D eigenvalue weighted by Gasteiger charge is -2.37. The van der Waals surface area contributed by atoms with Crippen molar-refractivity contribution in [1.29, 1.82) is 0 Å². The van der Waals surface area contributed by atoms with Gasteiger partial charge in [-0.05, 0) is 44.6 Å². The van der Waals surface area contributed by atoms with Crippen LogP contribution in [0.3, 0.4) is 0 Å². The third-order valence-corrected chi connectivity index (χ3v) is 10.0. The Balaban J connectivity index is 1.72. The molecule has 1 spiro atoms. The van der Waals surface area contributed by atoms with Gasteiger partial charge in [-0.1, -0.05) is 50.6 Å². The number of amides is 3. The topological polar surface area (TPSA) is 98.7 Å². The number of nitrogens with one attached hydrogen (secondary N) is 2. The molecule has 3 heterocycles. The Morgan fingerprint density at radius 2 is 1.83 bits per heavy atom. The van der Waals surface area contributed by atoms with Crippen molar-refractivity contribution in [2.24, 2.45) is 11.8 Å². The molecule has 3 aliphatic heterocycles. The summed E-state index contributed by atoms with van der Waals surface area (Å²) in [7, 11) is 0. The van der Waals surface area contributed by atoms with E-state index in [9.17, 15) is 19.5 Å². The van der Waals surface area contributed by atoms with Crippen molar-refractivity contribution in [2.45, 2.75) is 80.9 Å². The van der Waals surface area contributed by atoms with Gasteiger partial charge in [-0.3, -0.25) is 14.4 Å². The maximum atomic E-state index is 14.2. The number of aliphatic hydroxyl groups excluding tert-OH is 1. The first-order valence-electron chi connectivity index (χ1n) is 13.1. The highest BCUT2D eigenvalue weighted by atomic mass is 32.2. The molecule has 3 fully saturated rings. The zero-order valence-corrected chi connectivity index (χ0v) is 21.9. The van der Waals surface area contributed by atoms with E-state index in [4.69, 9.17) is 0 Å². The van der Waals surface area contributed by atoms with Gasteiger partial charge in [0.1, 0.15) is 6.04 Å². The van der Waals surface area contributed by atoms with E-state index in [2.05, 4.69) is 24.5 Å². The largest absolute Gasteiger partial charge is 0.394 e. The minimum absolute atomic E-state index is 0.0858. The fourth-order valence-electron chi connectivity index (χ4n) is 6.44. The van der Waals surface area contributed by atoms with E-state index in [-0.39, 0.29) is 29.1 Å². The van der Waals surface area contributed by atoms with E-state index >= 15 is 0 Å². The smallest absolute Gasteiger partial charge is 0.244 e. The Bertz CT molecular complexity index is 944. The Hall–Kier alpha value is -2.06. The monoisotopic (exact) mass is 501 g/mol. The van der Waals surface area contributed by atoms with Crippen LogP contribution in [-0.2, 0) is 20.8 Å². The lowest BCUT2D eigenvalue weighted by atomic mass is 9.66. The molecule has 3 N–H and O–H groups in total. The lowest BCUT2D eigenvalue weighted by Crippen LogP contribution is -2.57. The van der Waals surface area contributed by atoms with Crippen molar-refractivity contribution in [3.05, 3.63) is 35.9 Å². The van der Waals surface area contributed by atoms with E-state index < -0.39 is 28.7 Å². The minimum atomic E-state index is -0.700. The molecular formula is C27H39N3O4S. The van der Waals surface area contributed by atoms with Gasteiger partial charge in [-0.15, -0.1) is 11.8 Å². The Morgan fingerprint density at radius 1 is 1.11 bits per heavy atom. The molecule has 0 radical (unpaired) electrons. The number of thioether (sulfide) groups is 1. The van der Waals surface area contributed by atoms with E-state index in [0.717, 1.165) is 31.2 Å². The van der Waals surface area contributed by atoms with Crippen molar-refractivity contribution in [3.63, 3.8) is 0 Å². The number of carbonyl (C=O) groups is 3. The first kappa shape index (κ1) is 26.0. The zero-order valence-electron chi connectivity index (χ0n) is 21.1. The normalized spacial score (nSPS) is 31.9. The van der Waals surface area contributed by atoms with Gasteiger partial charge < -0.3 is 20.6 Å². The van der Waals surface area contributed by atoms with Crippen LogP contribution in [0.15, 0.2) is 30.3 Å². The second-order valence-electron chi connectivity index (χ2n) is 10.4. The lowest BCUT2D eigenvalue weighted by molar-refractivity contribution is -0.143. The standard InChI is InChI=1S/C27H39N3O4S/c1-4-6-15-29-24(33)22-27-13-12-26(3,35-27)20(23(32)28-14-5-2)21(27)25(34)30(22)19(17-31)16-18-10-8-7-9-11-18/h7-11,19-22,31H,4-6,12-17H2,1-3H3,(H,28,32)(H,29,33)/t19-,20+,21+,22?,26-,27?/m1/s1. The summed E-state index contributed by atoms with van der Waals surface area (Å²) in [5.41, 5.74) is 1.00. The van der Waals surface area contributed by atoms with Crippen molar-refractivity contribution >= 4 is 29.5 Å². The molecule has 6 atom stereocenters. The molecule has 8 heteroatoms. The highest BCUT2D eigenvalue weighted by Gasteiger charge is 2.77. The third-order valence-electron chi connectivity index (χ3n) is 8.04. The van der Waals surface area contributed by atoms with Gasteiger partial charge in [-0.25, -0.2) is 0 Å². The predicted octanol–water partition coefficient (Wildman–Crippen LogP) is 2.51. The van der Waals surface area contributed by atoms with Gasteiger partial charge in [0, 0.05) is 17.8 Å². The van der Waals surface area contributed by atoms with E-state index in [1.807, 2.05) is 37.3 Å². The number of aliphatic hydroxyl groups is 1. The second kappa shape index (κ2) is 10.5. The van der Waals surface area contributed by atoms with E-state index in [1.54, 1.807) is 16.7 Å². The van der Waals surface area contributed by atoms with Gasteiger partial charge in [0.15, 0.2) is 0 Å². The minimum Gasteiger partial charge on any atom is -0.394 e. The molecular weight excluding hydrogens is 462 g/mol. The van der Waals surface area contributed by atoms with Gasteiger partial charge in [0.05, 0.1) is 29.2 Å². The van der Waals surface area contributed by atoms with Crippen LogP contribution in [0.1, 0.15) is 58.4 Å². The quantitative estimate of drug-likeness (QED) is 0.405. The summed E-state index contributed by atoms with van der Waals surface area (Å²) in [4.78, 5) is 42.9. The third kappa shape index (κ3) is 4.48. The number of fused-ring (bicyclic) bond motifs is 1. The molecule has 192 valence electrons. The highest BCUT2D eigenvalue weighted by molar-refractivity contribution is 8.02. The maximum Gasteiger partial charge on any atom is 0.244 e. The first-order chi connectivity index (χ1) is 16.8. The molecule has 1 aromatic carbocycles. The fourth-order valence-corrected chi connectivity index (χ4v) is 8.78. The van der Waals surface area contributed by atoms with Crippen LogP contribution in [0, 0.1) is 11.8 Å². The van der Waals surface area contributed by atoms with Gasteiger partial charge in [0.2, 0.25) is 17.7 Å². The summed E-state index contributed by atoms with van der Waals surface area (Å²) >= 11 is 1.67. The average Bonchev–Trinajstić information content (AvgIpc) is 3.42. The van der Waals surface area contributed by atoms with Crippen LogP contribution in [0.4, 0.5) is 0 Å². The van der Waals surface area contributed by atoms with Crippen LogP contribution < -0.4 is 10.6 Å². The Kier molecular flexibility index (Phi) is 7.81. The number of rotatable bonds is 11. The number of unbranched alkanes of at least 4 members (excludes halogenated alkanes) is 1. The Morgan fingerprint density at radius 3 is 2.49 bits per heavy atom. The molecule has 3 aliphatic rings. The zero-order chi connectivity index (χ0) is 25.2. The summed E-state index contributed by atoms with van der Waals surface area (Å²) < 4.78 is -1.03. The Labute approximate surface area is 212 Å². The second-order valence-corrected chi connectivity index (χ2v) is 12.3. The molecule has 4 rings (SSSR count). The molecule has 2 bridgehead atoms. The van der Waals surface area contributed by atoms with E-state index in [1.165, 1.54) is 0 Å². The van der Waals surface area contributed by atoms with Crippen molar-refractivity contribution in [1.82, 2.24) is 15.5 Å². The molecule has 1 aromatic rings. The van der Waals surface area contributed by atoms with Crippen molar-refractivity contribution < 1.29 is 19.5 Å². The van der Waals surface area contributed by atoms with Crippen LogP contribution >= 0.6 is 11.8 Å². The summed E-state index contributed by atoms with van der Waals surface area (Å²) in [6.07, 6.45) is 4.61. The van der Waals surface area contributed by atoms with Gasteiger partial charge in [-0.2, -0.15) is 0 Å². The summed E-state index contributed by atoms with van der Waals surface area (Å²) in [5.74, 6) is -1.45. The van der Waals surface area contributed by atoms with Crippen LogP contribution in [0.2, 0.25) is 0 Å². The number of likely N-dealkylation sites (tertiary alicyclic amines) is 1. The number of hydrogen-bond acceptors (Lipinski definition) is 5. The van der Waals surface area contributed by atoms with Gasteiger partial charge in [0.25, 0.3) is 0 Å². The molecule has 3 amide bonds. The average molecular weight is 502 g/mol. The molecule has 35 heavy (non-hydrogen) atoms. The number of carbonyl (C=O) groups excluding carboxylic acids is 3. The summed E-state index contributed by atoms with van der Waals surface area (Å²) in [6.45, 7) is 7.05. The van der Waals surface area contributed by atoms with Gasteiger partial charge >= 0.3 is 0 Å².